The molecule has 1 amide bonds. The van der Waals surface area contributed by atoms with Crippen LogP contribution in [0.15, 0.2) is 22.7 Å². The maximum Gasteiger partial charge on any atom is 0.404 e. The van der Waals surface area contributed by atoms with Crippen LogP contribution < -0.4 is 5.73 Å². The third kappa shape index (κ3) is 2.76. The summed E-state index contributed by atoms with van der Waals surface area (Å²) in [6, 6.07) is 6.35. The van der Waals surface area contributed by atoms with Gasteiger partial charge in [-0.25, -0.2) is 4.79 Å². The summed E-state index contributed by atoms with van der Waals surface area (Å²) in [5, 5.41) is 0. The number of halogens is 1. The SMILES string of the molecule is NC(=O)OCC1CCc2cc(Br)ccc2C1. The van der Waals surface area contributed by atoms with E-state index in [0.717, 1.165) is 23.7 Å². The Bertz CT molecular complexity index is 406. The lowest BCUT2D eigenvalue weighted by Crippen LogP contribution is -2.23. The van der Waals surface area contributed by atoms with Crippen LogP contribution in [0.1, 0.15) is 17.5 Å². The largest absolute Gasteiger partial charge is 0.449 e. The number of hydrogen-bond donors (Lipinski definition) is 1. The summed E-state index contributed by atoms with van der Waals surface area (Å²) in [4.78, 5) is 10.5. The van der Waals surface area contributed by atoms with Gasteiger partial charge in [0, 0.05) is 4.47 Å². The molecule has 1 unspecified atom stereocenters. The first-order chi connectivity index (χ1) is 7.65. The lowest BCUT2D eigenvalue weighted by molar-refractivity contribution is 0.132. The number of primary amides is 1. The van der Waals surface area contributed by atoms with Gasteiger partial charge in [-0.1, -0.05) is 22.0 Å². The van der Waals surface area contributed by atoms with Crippen LogP contribution in [0.2, 0.25) is 0 Å². The van der Waals surface area contributed by atoms with E-state index in [4.69, 9.17) is 10.5 Å². The molecule has 2 rings (SSSR count). The van der Waals surface area contributed by atoms with E-state index in [1.54, 1.807) is 0 Å². The standard InChI is InChI=1S/C12H14BrNO2/c13-11-4-3-9-5-8(7-16-12(14)15)1-2-10(9)6-11/h3-4,6,8H,1-2,5,7H2,(H2,14,15). The zero-order valence-corrected chi connectivity index (χ0v) is 10.5. The van der Waals surface area contributed by atoms with Crippen LogP contribution in [0.25, 0.3) is 0 Å². The van der Waals surface area contributed by atoms with E-state index >= 15 is 0 Å². The quantitative estimate of drug-likeness (QED) is 0.907. The molecule has 1 aromatic rings. The summed E-state index contributed by atoms with van der Waals surface area (Å²) in [6.45, 7) is 0.435. The number of carbonyl (C=O) groups excluding carboxylic acids is 1. The fourth-order valence-electron chi connectivity index (χ4n) is 2.14. The van der Waals surface area contributed by atoms with Crippen LogP contribution in [0.5, 0.6) is 0 Å². The molecule has 0 heterocycles. The van der Waals surface area contributed by atoms with Gasteiger partial charge < -0.3 is 10.5 Å². The molecule has 0 saturated heterocycles. The maximum atomic E-state index is 10.5. The highest BCUT2D eigenvalue weighted by Crippen LogP contribution is 2.28. The fraction of sp³-hybridized carbons (Fsp3) is 0.417. The van der Waals surface area contributed by atoms with Crippen molar-refractivity contribution in [1.82, 2.24) is 0 Å². The molecule has 0 spiro atoms. The number of nitrogens with two attached hydrogens (primary N) is 1. The molecular formula is C12H14BrNO2. The van der Waals surface area contributed by atoms with Crippen molar-refractivity contribution < 1.29 is 9.53 Å². The number of fused-ring (bicyclic) bond motifs is 1. The molecule has 1 aliphatic rings. The van der Waals surface area contributed by atoms with Crippen molar-refractivity contribution >= 4 is 22.0 Å². The zero-order valence-electron chi connectivity index (χ0n) is 8.91. The van der Waals surface area contributed by atoms with Gasteiger partial charge in [-0.05, 0) is 48.4 Å². The van der Waals surface area contributed by atoms with E-state index in [9.17, 15) is 4.79 Å². The highest BCUT2D eigenvalue weighted by atomic mass is 79.9. The molecule has 0 aromatic heterocycles. The normalized spacial score (nSPS) is 18.9. The van der Waals surface area contributed by atoms with E-state index in [1.807, 2.05) is 0 Å². The fourth-order valence-corrected chi connectivity index (χ4v) is 2.55. The second kappa shape index (κ2) is 4.87. The van der Waals surface area contributed by atoms with Crippen LogP contribution in [0.3, 0.4) is 0 Å². The molecule has 1 aliphatic carbocycles. The van der Waals surface area contributed by atoms with Crippen molar-refractivity contribution in [3.05, 3.63) is 33.8 Å². The van der Waals surface area contributed by atoms with Crippen LogP contribution in [-0.2, 0) is 17.6 Å². The van der Waals surface area contributed by atoms with Crippen molar-refractivity contribution in [2.24, 2.45) is 11.7 Å². The topological polar surface area (TPSA) is 52.3 Å². The molecule has 1 aromatic carbocycles. The van der Waals surface area contributed by atoms with Gasteiger partial charge >= 0.3 is 6.09 Å². The number of aryl methyl sites for hydroxylation is 1. The van der Waals surface area contributed by atoms with E-state index < -0.39 is 6.09 Å². The molecular weight excluding hydrogens is 270 g/mol. The minimum Gasteiger partial charge on any atom is -0.449 e. The van der Waals surface area contributed by atoms with Gasteiger partial charge in [-0.15, -0.1) is 0 Å². The first-order valence-corrected chi connectivity index (χ1v) is 6.14. The van der Waals surface area contributed by atoms with Crippen LogP contribution in [0, 0.1) is 5.92 Å². The molecule has 2 N–H and O–H groups in total. The van der Waals surface area contributed by atoms with Crippen molar-refractivity contribution in [2.45, 2.75) is 19.3 Å². The molecule has 0 fully saturated rings. The van der Waals surface area contributed by atoms with E-state index in [-0.39, 0.29) is 0 Å². The molecule has 0 aliphatic heterocycles. The molecule has 3 nitrogen and oxygen atoms in total. The summed E-state index contributed by atoms with van der Waals surface area (Å²) < 4.78 is 5.97. The van der Waals surface area contributed by atoms with E-state index in [2.05, 4.69) is 34.1 Å². The Balaban J connectivity index is 2.01. The Kier molecular flexibility index (Phi) is 3.49. The van der Waals surface area contributed by atoms with E-state index in [1.165, 1.54) is 11.1 Å². The Morgan fingerprint density at radius 2 is 2.31 bits per heavy atom. The van der Waals surface area contributed by atoms with E-state index in [0.29, 0.717) is 12.5 Å². The summed E-state index contributed by atoms with van der Waals surface area (Å²) in [6.07, 6.45) is 2.38. The lowest BCUT2D eigenvalue weighted by Gasteiger charge is -2.24. The second-order valence-electron chi connectivity index (χ2n) is 4.15. The van der Waals surface area contributed by atoms with Gasteiger partial charge in [0.05, 0.1) is 6.61 Å². The average molecular weight is 284 g/mol. The molecule has 0 bridgehead atoms. The van der Waals surface area contributed by atoms with Crippen molar-refractivity contribution in [3.63, 3.8) is 0 Å². The minimum absolute atomic E-state index is 0.404. The van der Waals surface area contributed by atoms with Gasteiger partial charge in [0.15, 0.2) is 0 Å². The third-order valence-electron chi connectivity index (χ3n) is 2.96. The number of rotatable bonds is 2. The molecule has 0 radical (unpaired) electrons. The molecule has 86 valence electrons. The molecule has 4 heteroatoms. The number of benzene rings is 1. The average Bonchev–Trinajstić information content (AvgIpc) is 2.26. The van der Waals surface area contributed by atoms with Gasteiger partial charge in [0.2, 0.25) is 0 Å². The Labute approximate surface area is 103 Å². The predicted molar refractivity (Wildman–Crippen MR) is 65.2 cm³/mol. The van der Waals surface area contributed by atoms with Crippen LogP contribution in [0.4, 0.5) is 4.79 Å². The summed E-state index contributed by atoms with van der Waals surface area (Å²) >= 11 is 3.47. The minimum atomic E-state index is -0.679. The summed E-state index contributed by atoms with van der Waals surface area (Å²) in [5.74, 6) is 0.404. The van der Waals surface area contributed by atoms with Gasteiger partial charge in [-0.3, -0.25) is 0 Å². The van der Waals surface area contributed by atoms with Crippen LogP contribution >= 0.6 is 15.9 Å². The van der Waals surface area contributed by atoms with Crippen molar-refractivity contribution in [3.8, 4) is 0 Å². The molecule has 1 atom stereocenters. The Morgan fingerprint density at radius 3 is 3.06 bits per heavy atom. The number of ether oxygens (including phenoxy) is 1. The van der Waals surface area contributed by atoms with Gasteiger partial charge in [0.25, 0.3) is 0 Å². The summed E-state index contributed by atoms with van der Waals surface area (Å²) in [7, 11) is 0. The number of amides is 1. The molecule has 16 heavy (non-hydrogen) atoms. The lowest BCUT2D eigenvalue weighted by atomic mass is 9.84. The van der Waals surface area contributed by atoms with Gasteiger partial charge in [-0.2, -0.15) is 0 Å². The monoisotopic (exact) mass is 283 g/mol. The highest BCUT2D eigenvalue weighted by Gasteiger charge is 2.19. The summed E-state index contributed by atoms with van der Waals surface area (Å²) in [5.41, 5.74) is 7.70. The van der Waals surface area contributed by atoms with Crippen LogP contribution in [-0.4, -0.2) is 12.7 Å². The van der Waals surface area contributed by atoms with Crippen molar-refractivity contribution in [1.29, 1.82) is 0 Å². The first-order valence-electron chi connectivity index (χ1n) is 5.34. The second-order valence-corrected chi connectivity index (χ2v) is 5.07. The number of carbonyl (C=O) groups is 1. The first kappa shape index (κ1) is 11.5. The number of hydrogen-bond acceptors (Lipinski definition) is 2. The third-order valence-corrected chi connectivity index (χ3v) is 3.45. The molecule has 0 saturated carbocycles. The van der Waals surface area contributed by atoms with Crippen molar-refractivity contribution in [2.75, 3.05) is 6.61 Å². The Morgan fingerprint density at radius 1 is 1.50 bits per heavy atom. The highest BCUT2D eigenvalue weighted by molar-refractivity contribution is 9.10. The smallest absolute Gasteiger partial charge is 0.404 e. The Hall–Kier alpha value is -1.03. The van der Waals surface area contributed by atoms with Gasteiger partial charge in [0.1, 0.15) is 0 Å². The predicted octanol–water partition coefficient (Wildman–Crippen LogP) is 2.65. The maximum absolute atomic E-state index is 10.5. The zero-order chi connectivity index (χ0) is 11.5.